The average molecular weight is 343 g/mol. The molecule has 2 aromatic heterocycles. The summed E-state index contributed by atoms with van der Waals surface area (Å²) in [6, 6.07) is 3.71. The average Bonchev–Trinajstić information content (AvgIpc) is 3.24. The van der Waals surface area contributed by atoms with Crippen molar-refractivity contribution < 1.29 is 18.7 Å². The van der Waals surface area contributed by atoms with Crippen LogP contribution in [0.5, 0.6) is 0 Å². The number of nitrogens with zero attached hydrogens (tertiary/aromatic N) is 3. The van der Waals surface area contributed by atoms with Gasteiger partial charge in [0.2, 0.25) is 11.8 Å². The Kier molecular flexibility index (Phi) is 4.27. The third kappa shape index (κ3) is 3.29. The summed E-state index contributed by atoms with van der Waals surface area (Å²) in [7, 11) is 0. The van der Waals surface area contributed by atoms with Gasteiger partial charge in [-0.05, 0) is 19.1 Å². The van der Waals surface area contributed by atoms with E-state index in [-0.39, 0.29) is 12.3 Å². The highest BCUT2D eigenvalue weighted by atomic mass is 16.7. The minimum atomic E-state index is -0.464. The Morgan fingerprint density at radius 3 is 2.72 bits per heavy atom. The van der Waals surface area contributed by atoms with Gasteiger partial charge in [0.1, 0.15) is 5.76 Å². The van der Waals surface area contributed by atoms with Crippen LogP contribution in [-0.4, -0.2) is 52.9 Å². The first-order chi connectivity index (χ1) is 12.2. The number of aromatic nitrogens is 2. The van der Waals surface area contributed by atoms with Crippen LogP contribution in [0.4, 0.5) is 0 Å². The summed E-state index contributed by atoms with van der Waals surface area (Å²) in [5.74, 6) is 0.762. The maximum absolute atomic E-state index is 12.6. The molecule has 1 amide bonds. The summed E-state index contributed by atoms with van der Waals surface area (Å²) >= 11 is 0. The zero-order valence-electron chi connectivity index (χ0n) is 14.2. The maximum atomic E-state index is 12.6. The number of ether oxygens (including phenoxy) is 2. The number of hydrogen-bond donors (Lipinski definition) is 0. The fourth-order valence-electron chi connectivity index (χ4n) is 3.34. The van der Waals surface area contributed by atoms with Gasteiger partial charge in [-0.25, -0.2) is 4.98 Å². The number of pyridine rings is 1. The molecule has 2 fully saturated rings. The van der Waals surface area contributed by atoms with Crippen LogP contribution in [0.1, 0.15) is 24.3 Å². The quantitative estimate of drug-likeness (QED) is 0.848. The lowest BCUT2D eigenvalue weighted by Gasteiger charge is -2.37. The van der Waals surface area contributed by atoms with Crippen LogP contribution >= 0.6 is 0 Å². The number of aryl methyl sites for hydroxylation is 1. The smallest absolute Gasteiger partial charge is 0.228 e. The van der Waals surface area contributed by atoms with E-state index in [2.05, 4.69) is 9.97 Å². The highest BCUT2D eigenvalue weighted by Gasteiger charge is 2.40. The van der Waals surface area contributed by atoms with Crippen LogP contribution in [0.3, 0.4) is 0 Å². The Labute approximate surface area is 146 Å². The van der Waals surface area contributed by atoms with E-state index in [9.17, 15) is 4.79 Å². The molecule has 2 saturated heterocycles. The summed E-state index contributed by atoms with van der Waals surface area (Å²) in [6.45, 7) is 4.41. The molecule has 25 heavy (non-hydrogen) atoms. The van der Waals surface area contributed by atoms with Crippen LogP contribution < -0.4 is 0 Å². The second-order valence-corrected chi connectivity index (χ2v) is 6.43. The van der Waals surface area contributed by atoms with E-state index < -0.39 is 5.79 Å². The first kappa shape index (κ1) is 16.2. The van der Waals surface area contributed by atoms with Crippen molar-refractivity contribution in [2.45, 2.75) is 32.0 Å². The van der Waals surface area contributed by atoms with Gasteiger partial charge in [-0.1, -0.05) is 0 Å². The molecule has 132 valence electrons. The van der Waals surface area contributed by atoms with Crippen molar-refractivity contribution in [3.05, 3.63) is 36.0 Å². The minimum absolute atomic E-state index is 0.0574. The summed E-state index contributed by atoms with van der Waals surface area (Å²) < 4.78 is 17.1. The summed E-state index contributed by atoms with van der Waals surface area (Å²) in [6.07, 6.45) is 5.08. The highest BCUT2D eigenvalue weighted by Crippen LogP contribution is 2.31. The van der Waals surface area contributed by atoms with E-state index in [0.29, 0.717) is 43.6 Å². The largest absolute Gasteiger partial charge is 0.441 e. The van der Waals surface area contributed by atoms with E-state index in [4.69, 9.17) is 13.9 Å². The second kappa shape index (κ2) is 6.57. The van der Waals surface area contributed by atoms with Crippen LogP contribution in [-0.2, 0) is 20.7 Å². The molecule has 0 aromatic carbocycles. The fraction of sp³-hybridized carbons (Fsp3) is 0.500. The van der Waals surface area contributed by atoms with E-state index >= 15 is 0 Å². The Balaban J connectivity index is 1.41. The van der Waals surface area contributed by atoms with Gasteiger partial charge in [-0.3, -0.25) is 9.78 Å². The molecule has 0 N–H and O–H groups in total. The molecule has 0 saturated carbocycles. The van der Waals surface area contributed by atoms with Gasteiger partial charge in [-0.2, -0.15) is 0 Å². The second-order valence-electron chi connectivity index (χ2n) is 6.43. The van der Waals surface area contributed by atoms with Gasteiger partial charge in [0.15, 0.2) is 5.79 Å². The monoisotopic (exact) mass is 343 g/mol. The number of carbonyl (C=O) groups is 1. The summed E-state index contributed by atoms with van der Waals surface area (Å²) in [5.41, 5.74) is 1.48. The Hall–Kier alpha value is -2.25. The van der Waals surface area contributed by atoms with Gasteiger partial charge in [-0.15, -0.1) is 0 Å². The predicted molar refractivity (Wildman–Crippen MR) is 88.6 cm³/mol. The molecule has 0 radical (unpaired) electrons. The number of likely N-dealkylation sites (tertiary alicyclic amines) is 1. The molecule has 7 heteroatoms. The number of amides is 1. The van der Waals surface area contributed by atoms with E-state index in [1.54, 1.807) is 12.4 Å². The molecule has 0 bridgehead atoms. The Morgan fingerprint density at radius 1 is 1.28 bits per heavy atom. The first-order valence-corrected chi connectivity index (χ1v) is 8.58. The molecule has 4 heterocycles. The van der Waals surface area contributed by atoms with Crippen molar-refractivity contribution in [3.8, 4) is 11.5 Å². The molecule has 2 aliphatic rings. The molecule has 4 rings (SSSR count). The standard InChI is InChI=1S/C18H21N3O4/c1-13-15(20-17(25-13)14-3-2-6-19-12-14)11-16(22)21-7-4-18(5-8-21)23-9-10-24-18/h2-3,6,12H,4-5,7-11H2,1H3. The van der Waals surface area contributed by atoms with Crippen molar-refractivity contribution in [1.82, 2.24) is 14.9 Å². The van der Waals surface area contributed by atoms with Crippen molar-refractivity contribution in [3.63, 3.8) is 0 Å². The summed E-state index contributed by atoms with van der Waals surface area (Å²) in [5, 5.41) is 0. The lowest BCUT2D eigenvalue weighted by Crippen LogP contribution is -2.47. The lowest BCUT2D eigenvalue weighted by atomic mass is 10.0. The van der Waals surface area contributed by atoms with E-state index in [1.807, 2.05) is 24.0 Å². The van der Waals surface area contributed by atoms with E-state index in [0.717, 1.165) is 18.4 Å². The van der Waals surface area contributed by atoms with Gasteiger partial charge < -0.3 is 18.8 Å². The SMILES string of the molecule is Cc1oc(-c2cccnc2)nc1CC(=O)N1CCC2(CC1)OCCO2. The van der Waals surface area contributed by atoms with Crippen LogP contribution in [0, 0.1) is 6.92 Å². The van der Waals surface area contributed by atoms with Crippen molar-refractivity contribution in [1.29, 1.82) is 0 Å². The zero-order chi connectivity index (χ0) is 17.3. The number of carbonyl (C=O) groups excluding carboxylic acids is 1. The fourth-order valence-corrected chi connectivity index (χ4v) is 3.34. The number of oxazole rings is 1. The van der Waals surface area contributed by atoms with Crippen LogP contribution in [0.25, 0.3) is 11.5 Å². The number of hydrogen-bond acceptors (Lipinski definition) is 6. The normalized spacial score (nSPS) is 19.5. The highest BCUT2D eigenvalue weighted by molar-refractivity contribution is 5.78. The van der Waals surface area contributed by atoms with Crippen molar-refractivity contribution in [2.24, 2.45) is 0 Å². The topological polar surface area (TPSA) is 77.7 Å². The first-order valence-electron chi connectivity index (χ1n) is 8.58. The van der Waals surface area contributed by atoms with Crippen molar-refractivity contribution in [2.75, 3.05) is 26.3 Å². The predicted octanol–water partition coefficient (Wildman–Crippen LogP) is 1.95. The van der Waals surface area contributed by atoms with Gasteiger partial charge in [0, 0.05) is 38.3 Å². The molecule has 2 aliphatic heterocycles. The molecule has 1 spiro atoms. The molecule has 0 aliphatic carbocycles. The molecule has 7 nitrogen and oxygen atoms in total. The van der Waals surface area contributed by atoms with Gasteiger partial charge in [0.05, 0.1) is 30.9 Å². The van der Waals surface area contributed by atoms with Gasteiger partial charge >= 0.3 is 0 Å². The summed E-state index contributed by atoms with van der Waals surface area (Å²) in [4.78, 5) is 23.0. The Morgan fingerprint density at radius 2 is 2.04 bits per heavy atom. The zero-order valence-corrected chi connectivity index (χ0v) is 14.2. The molecule has 0 unspecified atom stereocenters. The minimum Gasteiger partial charge on any atom is -0.441 e. The molecule has 2 aromatic rings. The van der Waals surface area contributed by atoms with Crippen LogP contribution in [0.15, 0.2) is 28.9 Å². The maximum Gasteiger partial charge on any atom is 0.228 e. The Bertz CT molecular complexity index is 743. The molecular weight excluding hydrogens is 322 g/mol. The third-order valence-corrected chi connectivity index (χ3v) is 4.81. The molecule has 0 atom stereocenters. The third-order valence-electron chi connectivity index (χ3n) is 4.81. The molecular formula is C18H21N3O4. The number of piperidine rings is 1. The lowest BCUT2D eigenvalue weighted by molar-refractivity contribution is -0.187. The van der Waals surface area contributed by atoms with Crippen LogP contribution in [0.2, 0.25) is 0 Å². The number of rotatable bonds is 3. The van der Waals surface area contributed by atoms with Gasteiger partial charge in [0.25, 0.3) is 0 Å². The van der Waals surface area contributed by atoms with Crippen molar-refractivity contribution >= 4 is 5.91 Å². The van der Waals surface area contributed by atoms with E-state index in [1.165, 1.54) is 0 Å².